The molecule has 1 heterocycles. The number of Topliss-reactive ketones (excluding diaryl/α,β-unsaturated/α-hetero) is 1. The van der Waals surface area contributed by atoms with E-state index in [0.29, 0.717) is 18.7 Å². The molecule has 3 aromatic carbocycles. The van der Waals surface area contributed by atoms with Gasteiger partial charge in [0.05, 0.1) is 11.6 Å². The van der Waals surface area contributed by atoms with Gasteiger partial charge < -0.3 is 14.9 Å². The number of rotatable bonds is 5. The van der Waals surface area contributed by atoms with Crippen molar-refractivity contribution in [1.82, 2.24) is 9.80 Å². The Morgan fingerprint density at radius 1 is 1.00 bits per heavy atom. The molecule has 0 radical (unpaired) electrons. The van der Waals surface area contributed by atoms with Crippen LogP contribution in [0.15, 0.2) is 66.2 Å². The average Bonchev–Trinajstić information content (AvgIpc) is 3.06. The number of nitrogens with zero attached hydrogens (tertiary/aromatic N) is 2. The molecule has 182 valence electrons. The van der Waals surface area contributed by atoms with Crippen LogP contribution in [0.5, 0.6) is 0 Å². The number of aliphatic hydroxyl groups excluding tert-OH is 1. The van der Waals surface area contributed by atoms with Crippen molar-refractivity contribution in [2.75, 3.05) is 27.2 Å². The Morgan fingerprint density at radius 3 is 2.37 bits per heavy atom. The summed E-state index contributed by atoms with van der Waals surface area (Å²) in [6.45, 7) is 9.22. The molecule has 0 saturated carbocycles. The van der Waals surface area contributed by atoms with E-state index in [4.69, 9.17) is 0 Å². The number of hydrogen-bond acceptors (Lipinski definition) is 4. The van der Waals surface area contributed by atoms with E-state index in [1.54, 1.807) is 4.90 Å². The lowest BCUT2D eigenvalue weighted by Crippen LogP contribution is -2.35. The Morgan fingerprint density at radius 2 is 1.69 bits per heavy atom. The molecule has 1 N–H and O–H groups in total. The second kappa shape index (κ2) is 9.31. The minimum atomic E-state index is -0.668. The number of carbonyl (C=O) groups is 2. The van der Waals surface area contributed by atoms with Gasteiger partial charge in [0, 0.05) is 18.7 Å². The van der Waals surface area contributed by atoms with Crippen LogP contribution >= 0.6 is 0 Å². The van der Waals surface area contributed by atoms with Gasteiger partial charge in [0.25, 0.3) is 11.7 Å². The van der Waals surface area contributed by atoms with Gasteiger partial charge >= 0.3 is 0 Å². The minimum absolute atomic E-state index is 0.114. The van der Waals surface area contributed by atoms with E-state index in [0.717, 1.165) is 27.5 Å². The van der Waals surface area contributed by atoms with Crippen LogP contribution in [0.2, 0.25) is 0 Å². The Kier molecular flexibility index (Phi) is 6.56. The summed E-state index contributed by atoms with van der Waals surface area (Å²) in [5.41, 5.74) is 3.36. The number of amides is 1. The molecule has 1 saturated heterocycles. The van der Waals surface area contributed by atoms with E-state index in [1.807, 2.05) is 86.6 Å². The highest BCUT2D eigenvalue weighted by atomic mass is 16.3. The van der Waals surface area contributed by atoms with Gasteiger partial charge in [-0.1, -0.05) is 75.4 Å². The average molecular weight is 471 g/mol. The Balaban J connectivity index is 1.98. The van der Waals surface area contributed by atoms with Crippen molar-refractivity contribution in [3.8, 4) is 0 Å². The van der Waals surface area contributed by atoms with Crippen LogP contribution in [0.25, 0.3) is 16.5 Å². The van der Waals surface area contributed by atoms with Crippen LogP contribution in [0.1, 0.15) is 49.1 Å². The molecule has 35 heavy (non-hydrogen) atoms. The quantitative estimate of drug-likeness (QED) is 0.307. The van der Waals surface area contributed by atoms with Crippen molar-refractivity contribution < 1.29 is 14.7 Å². The molecule has 3 aromatic rings. The van der Waals surface area contributed by atoms with Crippen LogP contribution in [-0.4, -0.2) is 53.8 Å². The number of hydrogen-bond donors (Lipinski definition) is 1. The number of likely N-dealkylation sites (N-methyl/N-ethyl adjacent to an activating group) is 1. The molecule has 4 rings (SSSR count). The normalized spacial score (nSPS) is 18.1. The molecular weight excluding hydrogens is 436 g/mol. The van der Waals surface area contributed by atoms with Crippen molar-refractivity contribution in [3.05, 3.63) is 88.5 Å². The fourth-order valence-corrected chi connectivity index (χ4v) is 4.72. The molecule has 5 nitrogen and oxygen atoms in total. The van der Waals surface area contributed by atoms with Gasteiger partial charge in [-0.15, -0.1) is 0 Å². The summed E-state index contributed by atoms with van der Waals surface area (Å²) in [5, 5.41) is 13.6. The molecule has 1 atom stereocenters. The molecule has 1 aliphatic heterocycles. The number of benzene rings is 3. The highest BCUT2D eigenvalue weighted by Crippen LogP contribution is 2.42. The van der Waals surface area contributed by atoms with Crippen molar-refractivity contribution in [3.63, 3.8) is 0 Å². The second-order valence-electron chi connectivity index (χ2n) is 10.6. The first-order valence-corrected chi connectivity index (χ1v) is 12.0. The number of likely N-dealkylation sites (tertiary alicyclic amines) is 1. The minimum Gasteiger partial charge on any atom is -0.507 e. The van der Waals surface area contributed by atoms with E-state index in [-0.39, 0.29) is 16.7 Å². The highest BCUT2D eigenvalue weighted by molar-refractivity contribution is 6.46. The summed E-state index contributed by atoms with van der Waals surface area (Å²) in [6.07, 6.45) is 0. The number of ketones is 1. The summed E-state index contributed by atoms with van der Waals surface area (Å²) < 4.78 is 0. The predicted octanol–water partition coefficient (Wildman–Crippen LogP) is 5.43. The van der Waals surface area contributed by atoms with Gasteiger partial charge in [-0.2, -0.15) is 0 Å². The third-order valence-electron chi connectivity index (χ3n) is 6.80. The lowest BCUT2D eigenvalue weighted by molar-refractivity contribution is -0.140. The summed E-state index contributed by atoms with van der Waals surface area (Å²) in [4.78, 5) is 30.4. The number of carbonyl (C=O) groups excluding carboxylic acids is 2. The summed E-state index contributed by atoms with van der Waals surface area (Å²) in [6, 6.07) is 19.1. The zero-order valence-corrected chi connectivity index (χ0v) is 21.4. The molecule has 0 aliphatic carbocycles. The number of aryl methyl sites for hydroxylation is 1. The molecule has 5 heteroatoms. The summed E-state index contributed by atoms with van der Waals surface area (Å²) >= 11 is 0. The highest BCUT2D eigenvalue weighted by Gasteiger charge is 2.46. The van der Waals surface area contributed by atoms with Crippen molar-refractivity contribution in [2.24, 2.45) is 0 Å². The van der Waals surface area contributed by atoms with E-state index in [1.165, 1.54) is 0 Å². The molecule has 0 spiro atoms. The largest absolute Gasteiger partial charge is 0.507 e. The molecule has 1 aliphatic rings. The predicted molar refractivity (Wildman–Crippen MR) is 141 cm³/mol. The lowest BCUT2D eigenvalue weighted by atomic mass is 9.84. The molecule has 1 amide bonds. The van der Waals surface area contributed by atoms with Crippen molar-refractivity contribution in [1.29, 1.82) is 0 Å². The van der Waals surface area contributed by atoms with Gasteiger partial charge in [0.2, 0.25) is 0 Å². The van der Waals surface area contributed by atoms with Gasteiger partial charge in [-0.25, -0.2) is 0 Å². The first kappa shape index (κ1) is 24.7. The first-order valence-electron chi connectivity index (χ1n) is 12.0. The zero-order chi connectivity index (χ0) is 25.5. The van der Waals surface area contributed by atoms with E-state index < -0.39 is 17.7 Å². The topological polar surface area (TPSA) is 60.9 Å². The SMILES string of the molecule is Cc1ccc(C(C)(C)C)cc1/C(O)=C1\C(=O)C(=O)N(CCN(C)C)C1c1cccc2ccccc12. The maximum atomic E-state index is 13.5. The van der Waals surface area contributed by atoms with E-state index in [9.17, 15) is 14.7 Å². The third-order valence-corrected chi connectivity index (χ3v) is 6.80. The number of aliphatic hydroxyl groups is 1. The van der Waals surface area contributed by atoms with E-state index >= 15 is 0 Å². The fraction of sp³-hybridized carbons (Fsp3) is 0.333. The third kappa shape index (κ3) is 4.61. The molecular formula is C30H34N2O3. The standard InChI is InChI=1S/C30H34N2O3/c1-19-14-15-21(30(2,3)4)18-24(19)27(33)25-26(32(17-16-31(5)6)29(35)28(25)34)23-13-9-11-20-10-7-8-12-22(20)23/h7-15,18,26,33H,16-17H2,1-6H3/b27-25+. The lowest BCUT2D eigenvalue weighted by Gasteiger charge is -2.28. The maximum absolute atomic E-state index is 13.5. The van der Waals surface area contributed by atoms with Gasteiger partial charge in [-0.05, 0) is 60.0 Å². The maximum Gasteiger partial charge on any atom is 0.295 e. The van der Waals surface area contributed by atoms with Crippen LogP contribution < -0.4 is 0 Å². The van der Waals surface area contributed by atoms with Gasteiger partial charge in [0.1, 0.15) is 5.76 Å². The fourth-order valence-electron chi connectivity index (χ4n) is 4.72. The number of fused-ring (bicyclic) bond motifs is 1. The first-order chi connectivity index (χ1) is 16.5. The Hall–Kier alpha value is -3.44. The smallest absolute Gasteiger partial charge is 0.295 e. The van der Waals surface area contributed by atoms with Crippen LogP contribution in [0, 0.1) is 6.92 Å². The molecule has 0 bridgehead atoms. The van der Waals surface area contributed by atoms with Gasteiger partial charge in [0.15, 0.2) is 0 Å². The Labute approximate surface area is 207 Å². The van der Waals surface area contributed by atoms with Crippen molar-refractivity contribution >= 4 is 28.2 Å². The second-order valence-corrected chi connectivity index (χ2v) is 10.6. The summed E-state index contributed by atoms with van der Waals surface area (Å²) in [5.74, 6) is -1.33. The van der Waals surface area contributed by atoms with E-state index in [2.05, 4.69) is 20.8 Å². The Bertz CT molecular complexity index is 1330. The van der Waals surface area contributed by atoms with Gasteiger partial charge in [-0.3, -0.25) is 9.59 Å². The van der Waals surface area contributed by atoms with Crippen LogP contribution in [-0.2, 0) is 15.0 Å². The van der Waals surface area contributed by atoms with Crippen LogP contribution in [0.3, 0.4) is 0 Å². The molecule has 1 unspecified atom stereocenters. The van der Waals surface area contributed by atoms with Crippen LogP contribution in [0.4, 0.5) is 0 Å². The molecule has 0 aromatic heterocycles. The van der Waals surface area contributed by atoms with Crippen molar-refractivity contribution in [2.45, 2.75) is 39.2 Å². The summed E-state index contributed by atoms with van der Waals surface area (Å²) in [7, 11) is 3.87. The molecule has 1 fully saturated rings. The monoisotopic (exact) mass is 470 g/mol. The zero-order valence-electron chi connectivity index (χ0n) is 21.4.